The number of hydrogen-bond acceptors (Lipinski definition) is 4. The van der Waals surface area contributed by atoms with Crippen molar-refractivity contribution < 1.29 is 9.18 Å². The Morgan fingerprint density at radius 1 is 1.44 bits per heavy atom. The average molecular weight is 361 g/mol. The fourth-order valence-corrected chi connectivity index (χ4v) is 4.00. The third-order valence-electron chi connectivity index (χ3n) is 4.13. The zero-order chi connectivity index (χ0) is 18.0. The molecule has 5 nitrogen and oxygen atoms in total. The molecule has 0 saturated carbocycles. The molecule has 25 heavy (non-hydrogen) atoms. The summed E-state index contributed by atoms with van der Waals surface area (Å²) in [5.74, 6) is 0.0303. The first-order chi connectivity index (χ1) is 12.0. The van der Waals surface area contributed by atoms with E-state index >= 15 is 0 Å². The number of anilines is 1. The Hall–Kier alpha value is -2.15. The van der Waals surface area contributed by atoms with Gasteiger partial charge in [0.1, 0.15) is 5.82 Å². The highest BCUT2D eigenvalue weighted by Crippen LogP contribution is 2.32. The van der Waals surface area contributed by atoms with E-state index < -0.39 is 0 Å². The second-order valence-corrected chi connectivity index (χ2v) is 7.16. The topological polar surface area (TPSA) is 64.0 Å². The summed E-state index contributed by atoms with van der Waals surface area (Å²) < 4.78 is 15.2. The number of rotatable bonds is 5. The van der Waals surface area contributed by atoms with Crippen molar-refractivity contribution in [3.63, 3.8) is 0 Å². The van der Waals surface area contributed by atoms with E-state index in [2.05, 4.69) is 10.3 Å². The van der Waals surface area contributed by atoms with Crippen molar-refractivity contribution in [3.05, 3.63) is 51.7 Å². The Morgan fingerprint density at radius 3 is 2.96 bits per heavy atom. The summed E-state index contributed by atoms with van der Waals surface area (Å²) in [5, 5.41) is 3.37. The van der Waals surface area contributed by atoms with Gasteiger partial charge in [-0.15, -0.1) is 0 Å². The quantitative estimate of drug-likeness (QED) is 0.830. The van der Waals surface area contributed by atoms with E-state index in [1.54, 1.807) is 29.7 Å². The summed E-state index contributed by atoms with van der Waals surface area (Å²) in [6.45, 7) is 3.71. The molecule has 2 aromatic rings. The Morgan fingerprint density at radius 2 is 2.24 bits per heavy atom. The van der Waals surface area contributed by atoms with Gasteiger partial charge in [0, 0.05) is 29.6 Å². The average Bonchev–Trinajstić information content (AvgIpc) is 2.94. The highest BCUT2D eigenvalue weighted by Gasteiger charge is 2.27. The van der Waals surface area contributed by atoms with Crippen LogP contribution in [0.3, 0.4) is 0 Å². The van der Waals surface area contributed by atoms with Crippen molar-refractivity contribution in [3.8, 4) is 0 Å². The molecular formula is C18H20FN3O2S. The molecule has 1 unspecified atom stereocenters. The van der Waals surface area contributed by atoms with E-state index in [-0.39, 0.29) is 29.7 Å². The number of halogens is 1. The van der Waals surface area contributed by atoms with Gasteiger partial charge in [-0.3, -0.25) is 14.2 Å². The molecule has 2 heterocycles. The predicted octanol–water partition coefficient (Wildman–Crippen LogP) is 3.32. The van der Waals surface area contributed by atoms with E-state index in [0.29, 0.717) is 22.2 Å². The van der Waals surface area contributed by atoms with Crippen LogP contribution in [0.4, 0.5) is 10.1 Å². The highest BCUT2D eigenvalue weighted by molar-refractivity contribution is 7.99. The fraction of sp³-hybridized carbons (Fsp3) is 0.389. The summed E-state index contributed by atoms with van der Waals surface area (Å²) in [7, 11) is 0. The Labute approximate surface area is 149 Å². The zero-order valence-electron chi connectivity index (χ0n) is 14.2. The normalized spacial score (nSPS) is 15.9. The van der Waals surface area contributed by atoms with Crippen molar-refractivity contribution in [2.75, 3.05) is 11.1 Å². The molecule has 1 aliphatic heterocycles. The van der Waals surface area contributed by atoms with Gasteiger partial charge in [-0.25, -0.2) is 9.37 Å². The summed E-state index contributed by atoms with van der Waals surface area (Å²) in [6, 6.07) is 5.91. The molecule has 1 aliphatic rings. The second kappa shape index (κ2) is 7.39. The Bertz CT molecular complexity index is 866. The summed E-state index contributed by atoms with van der Waals surface area (Å²) >= 11 is 1.49. The third-order valence-corrected chi connectivity index (χ3v) is 5.22. The van der Waals surface area contributed by atoms with Crippen molar-refractivity contribution in [1.29, 1.82) is 0 Å². The van der Waals surface area contributed by atoms with Gasteiger partial charge in [-0.2, -0.15) is 0 Å². The molecule has 132 valence electrons. The summed E-state index contributed by atoms with van der Waals surface area (Å²) in [6.07, 6.45) is 1.86. The number of fused-ring (bicyclic) bond motifs is 1. The largest absolute Gasteiger partial charge is 0.326 e. The van der Waals surface area contributed by atoms with Crippen LogP contribution in [0.2, 0.25) is 0 Å². The number of benzene rings is 1. The van der Waals surface area contributed by atoms with Gasteiger partial charge in [-0.1, -0.05) is 31.2 Å². The molecule has 1 atom stereocenters. The third kappa shape index (κ3) is 3.92. The first kappa shape index (κ1) is 17.7. The molecule has 0 radical (unpaired) electrons. The zero-order valence-corrected chi connectivity index (χ0v) is 15.0. The maximum atomic E-state index is 13.6. The number of nitrogens with zero attached hydrogens (tertiary/aromatic N) is 2. The molecular weight excluding hydrogens is 341 g/mol. The standard InChI is InChI=1S/C18H20FN3O2S/c1-3-4-12-8-17(24)22-14(10-25-18(22)21-12)9-16(23)20-13-6-5-11(2)15(19)7-13/h5-8,14H,3-4,9-10H2,1-2H3,(H,20,23). The minimum atomic E-state index is -0.358. The number of thioether (sulfide) groups is 1. The van der Waals surface area contributed by atoms with Crippen LogP contribution in [0.1, 0.15) is 37.1 Å². The Kier molecular flexibility index (Phi) is 5.22. The van der Waals surface area contributed by atoms with Gasteiger partial charge >= 0.3 is 0 Å². The van der Waals surface area contributed by atoms with Crippen LogP contribution >= 0.6 is 11.8 Å². The first-order valence-corrected chi connectivity index (χ1v) is 9.27. The molecule has 1 N–H and O–H groups in total. The molecule has 1 aromatic heterocycles. The van der Waals surface area contributed by atoms with Crippen LogP contribution in [0.15, 0.2) is 34.2 Å². The number of carbonyl (C=O) groups is 1. The van der Waals surface area contributed by atoms with E-state index in [1.807, 2.05) is 6.92 Å². The number of aryl methyl sites for hydroxylation is 2. The first-order valence-electron chi connectivity index (χ1n) is 8.29. The van der Waals surface area contributed by atoms with Crippen LogP contribution < -0.4 is 10.9 Å². The van der Waals surface area contributed by atoms with Gasteiger partial charge < -0.3 is 5.32 Å². The lowest BCUT2D eigenvalue weighted by Crippen LogP contribution is -2.27. The van der Waals surface area contributed by atoms with Crippen molar-refractivity contribution >= 4 is 23.4 Å². The molecule has 7 heteroatoms. The van der Waals surface area contributed by atoms with E-state index in [9.17, 15) is 14.0 Å². The fourth-order valence-electron chi connectivity index (χ4n) is 2.83. The van der Waals surface area contributed by atoms with E-state index in [1.165, 1.54) is 17.8 Å². The molecule has 1 aromatic carbocycles. The smallest absolute Gasteiger partial charge is 0.254 e. The molecule has 0 saturated heterocycles. The van der Waals surface area contributed by atoms with Gasteiger partial charge in [0.2, 0.25) is 5.91 Å². The lowest BCUT2D eigenvalue weighted by atomic mass is 10.2. The molecule has 0 fully saturated rings. The molecule has 0 aliphatic carbocycles. The number of carbonyl (C=O) groups excluding carboxylic acids is 1. The predicted molar refractivity (Wildman–Crippen MR) is 96.6 cm³/mol. The minimum Gasteiger partial charge on any atom is -0.326 e. The van der Waals surface area contributed by atoms with Gasteiger partial charge in [0.25, 0.3) is 5.56 Å². The monoisotopic (exact) mass is 361 g/mol. The van der Waals surface area contributed by atoms with Crippen LogP contribution in [0.25, 0.3) is 0 Å². The maximum Gasteiger partial charge on any atom is 0.254 e. The van der Waals surface area contributed by atoms with Gasteiger partial charge in [0.05, 0.1) is 6.04 Å². The Balaban J connectivity index is 1.72. The molecule has 0 spiro atoms. The minimum absolute atomic E-state index is 0.113. The summed E-state index contributed by atoms with van der Waals surface area (Å²) in [5.41, 5.74) is 1.63. The molecule has 3 rings (SSSR count). The molecule has 1 amide bonds. The van der Waals surface area contributed by atoms with Gasteiger partial charge in [0.15, 0.2) is 5.16 Å². The molecule has 0 bridgehead atoms. The van der Waals surface area contributed by atoms with Crippen molar-refractivity contribution in [1.82, 2.24) is 9.55 Å². The van der Waals surface area contributed by atoms with Crippen LogP contribution in [-0.2, 0) is 11.2 Å². The number of hydrogen-bond donors (Lipinski definition) is 1. The van der Waals surface area contributed by atoms with Crippen molar-refractivity contribution in [2.24, 2.45) is 0 Å². The van der Waals surface area contributed by atoms with E-state index in [4.69, 9.17) is 0 Å². The SMILES string of the molecule is CCCc1cc(=O)n2c(n1)SCC2CC(=O)Nc1ccc(C)c(F)c1. The number of amides is 1. The van der Waals surface area contributed by atoms with Crippen LogP contribution in [0.5, 0.6) is 0 Å². The second-order valence-electron chi connectivity index (χ2n) is 6.17. The van der Waals surface area contributed by atoms with Crippen LogP contribution in [-0.4, -0.2) is 21.2 Å². The number of nitrogens with one attached hydrogen (secondary N) is 1. The number of aromatic nitrogens is 2. The lowest BCUT2D eigenvalue weighted by molar-refractivity contribution is -0.116. The van der Waals surface area contributed by atoms with Crippen molar-refractivity contribution in [2.45, 2.75) is 44.3 Å². The van der Waals surface area contributed by atoms with Gasteiger partial charge in [-0.05, 0) is 31.0 Å². The summed E-state index contributed by atoms with van der Waals surface area (Å²) in [4.78, 5) is 29.2. The lowest BCUT2D eigenvalue weighted by Gasteiger charge is -2.14. The maximum absolute atomic E-state index is 13.6. The van der Waals surface area contributed by atoms with Crippen LogP contribution in [0, 0.1) is 12.7 Å². The highest BCUT2D eigenvalue weighted by atomic mass is 32.2. The van der Waals surface area contributed by atoms with E-state index in [0.717, 1.165) is 18.5 Å².